The summed E-state index contributed by atoms with van der Waals surface area (Å²) in [4.78, 5) is 11.0. The highest BCUT2D eigenvalue weighted by molar-refractivity contribution is 9.10. The first-order valence-corrected chi connectivity index (χ1v) is 6.07. The van der Waals surface area contributed by atoms with E-state index in [4.69, 9.17) is 5.11 Å². The molecule has 0 heterocycles. The summed E-state index contributed by atoms with van der Waals surface area (Å²) in [6.45, 7) is 0. The van der Waals surface area contributed by atoms with Crippen LogP contribution in [0.15, 0.2) is 22.7 Å². The van der Waals surface area contributed by atoms with Gasteiger partial charge in [0.2, 0.25) is 0 Å². The smallest absolute Gasteiger partial charge is 0.307 e. The number of carboxylic acid groups (broad SMARTS) is 1. The van der Waals surface area contributed by atoms with Crippen LogP contribution in [0.5, 0.6) is 0 Å². The van der Waals surface area contributed by atoms with E-state index >= 15 is 0 Å². The monoisotopic (exact) mass is 286 g/mol. The largest absolute Gasteiger partial charge is 0.481 e. The first kappa shape index (κ1) is 11.6. The van der Waals surface area contributed by atoms with Gasteiger partial charge in [-0.05, 0) is 40.4 Å². The van der Waals surface area contributed by atoms with E-state index in [1.165, 1.54) is 0 Å². The third kappa shape index (κ3) is 1.98. The Morgan fingerprint density at radius 2 is 2.19 bits per heavy atom. The molecule has 2 nitrogen and oxygen atoms in total. The van der Waals surface area contributed by atoms with Gasteiger partial charge in [0.05, 0.1) is 10.4 Å². The normalized spacial score (nSPS) is 24.6. The van der Waals surface area contributed by atoms with E-state index in [0.717, 1.165) is 12.8 Å². The lowest BCUT2D eigenvalue weighted by Gasteiger charge is -2.17. The highest BCUT2D eigenvalue weighted by Crippen LogP contribution is 2.41. The van der Waals surface area contributed by atoms with Crippen LogP contribution >= 0.6 is 15.9 Å². The Kier molecular flexibility index (Phi) is 3.28. The van der Waals surface area contributed by atoms with Gasteiger partial charge in [-0.3, -0.25) is 4.79 Å². The molecule has 4 heteroatoms. The Balaban J connectivity index is 2.36. The first-order chi connectivity index (χ1) is 7.61. The van der Waals surface area contributed by atoms with Crippen molar-refractivity contribution in [2.45, 2.75) is 25.2 Å². The van der Waals surface area contributed by atoms with Gasteiger partial charge in [-0.2, -0.15) is 0 Å². The molecule has 1 aliphatic carbocycles. The van der Waals surface area contributed by atoms with E-state index < -0.39 is 11.9 Å². The summed E-state index contributed by atoms with van der Waals surface area (Å²) in [6, 6.07) is 5.06. The molecular weight excluding hydrogens is 275 g/mol. The highest BCUT2D eigenvalue weighted by atomic mass is 79.9. The second-order valence-electron chi connectivity index (χ2n) is 4.13. The van der Waals surface area contributed by atoms with Crippen LogP contribution in [0, 0.1) is 11.7 Å². The first-order valence-electron chi connectivity index (χ1n) is 5.28. The summed E-state index contributed by atoms with van der Waals surface area (Å²) in [5.41, 5.74) is 0.527. The van der Waals surface area contributed by atoms with Crippen molar-refractivity contribution in [3.63, 3.8) is 0 Å². The molecule has 1 N–H and O–H groups in total. The molecule has 0 aliphatic heterocycles. The van der Waals surface area contributed by atoms with E-state index in [1.807, 2.05) is 0 Å². The summed E-state index contributed by atoms with van der Waals surface area (Å²) in [5, 5.41) is 9.07. The second-order valence-corrected chi connectivity index (χ2v) is 4.98. The maximum atomic E-state index is 13.9. The molecule has 1 fully saturated rings. The van der Waals surface area contributed by atoms with Crippen molar-refractivity contribution in [1.82, 2.24) is 0 Å². The highest BCUT2D eigenvalue weighted by Gasteiger charge is 2.35. The maximum absolute atomic E-state index is 13.9. The van der Waals surface area contributed by atoms with Crippen LogP contribution in [0.4, 0.5) is 4.39 Å². The molecule has 16 heavy (non-hydrogen) atoms. The third-order valence-electron chi connectivity index (χ3n) is 3.21. The lowest BCUT2D eigenvalue weighted by molar-refractivity contribution is -0.142. The van der Waals surface area contributed by atoms with E-state index in [1.54, 1.807) is 18.2 Å². The fraction of sp³-hybridized carbons (Fsp3) is 0.417. The van der Waals surface area contributed by atoms with E-state index in [2.05, 4.69) is 15.9 Å². The number of hydrogen-bond donors (Lipinski definition) is 1. The van der Waals surface area contributed by atoms with Gasteiger partial charge < -0.3 is 5.11 Å². The van der Waals surface area contributed by atoms with E-state index in [-0.39, 0.29) is 11.7 Å². The van der Waals surface area contributed by atoms with Gasteiger partial charge in [-0.1, -0.05) is 18.6 Å². The van der Waals surface area contributed by atoms with Gasteiger partial charge in [-0.15, -0.1) is 0 Å². The fourth-order valence-corrected chi connectivity index (χ4v) is 2.82. The molecule has 2 atom stereocenters. The molecular formula is C12H12BrFO2. The number of rotatable bonds is 2. The Bertz CT molecular complexity index is 419. The average molecular weight is 287 g/mol. The SMILES string of the molecule is O=C(O)C1CCCC1c1cccc(Br)c1F. The zero-order valence-corrected chi connectivity index (χ0v) is 10.2. The Hall–Kier alpha value is -0.900. The van der Waals surface area contributed by atoms with Crippen LogP contribution in [0.25, 0.3) is 0 Å². The molecule has 0 saturated heterocycles. The van der Waals surface area contributed by atoms with Crippen LogP contribution < -0.4 is 0 Å². The molecule has 0 spiro atoms. The predicted octanol–water partition coefficient (Wildman–Crippen LogP) is 3.56. The topological polar surface area (TPSA) is 37.3 Å². The molecule has 2 rings (SSSR count). The Morgan fingerprint density at radius 1 is 1.44 bits per heavy atom. The fourth-order valence-electron chi connectivity index (χ4n) is 2.43. The van der Waals surface area contributed by atoms with Crippen molar-refractivity contribution in [1.29, 1.82) is 0 Å². The summed E-state index contributed by atoms with van der Waals surface area (Å²) in [5.74, 6) is -1.76. The molecule has 0 bridgehead atoms. The third-order valence-corrected chi connectivity index (χ3v) is 3.83. The van der Waals surface area contributed by atoms with Crippen LogP contribution in [-0.2, 0) is 4.79 Å². The van der Waals surface area contributed by atoms with Gasteiger partial charge >= 0.3 is 5.97 Å². The van der Waals surface area contributed by atoms with Crippen LogP contribution in [0.3, 0.4) is 0 Å². The van der Waals surface area contributed by atoms with Crippen molar-refractivity contribution in [3.8, 4) is 0 Å². The second kappa shape index (κ2) is 4.53. The van der Waals surface area contributed by atoms with Crippen molar-refractivity contribution in [2.24, 2.45) is 5.92 Å². The minimum atomic E-state index is -0.818. The molecule has 86 valence electrons. The average Bonchev–Trinajstić information content (AvgIpc) is 2.70. The number of halogens is 2. The number of benzene rings is 1. The maximum Gasteiger partial charge on any atom is 0.307 e. The Morgan fingerprint density at radius 3 is 2.88 bits per heavy atom. The molecule has 0 radical (unpaired) electrons. The molecule has 0 amide bonds. The summed E-state index contributed by atoms with van der Waals surface area (Å²) < 4.78 is 14.3. The van der Waals surface area contributed by atoms with Crippen molar-refractivity contribution in [2.75, 3.05) is 0 Å². The van der Waals surface area contributed by atoms with Crippen LogP contribution in [-0.4, -0.2) is 11.1 Å². The Labute approximate surface area is 102 Å². The van der Waals surface area contributed by atoms with E-state index in [9.17, 15) is 9.18 Å². The van der Waals surface area contributed by atoms with Gasteiger partial charge in [0, 0.05) is 5.92 Å². The number of aliphatic carboxylic acids is 1. The quantitative estimate of drug-likeness (QED) is 0.903. The molecule has 2 unspecified atom stereocenters. The molecule has 1 saturated carbocycles. The van der Waals surface area contributed by atoms with Gasteiger partial charge in [-0.25, -0.2) is 4.39 Å². The van der Waals surface area contributed by atoms with Gasteiger partial charge in [0.25, 0.3) is 0 Å². The van der Waals surface area contributed by atoms with Crippen LogP contribution in [0.2, 0.25) is 0 Å². The summed E-state index contributed by atoms with van der Waals surface area (Å²) in [6.07, 6.45) is 2.25. The lowest BCUT2D eigenvalue weighted by Crippen LogP contribution is -2.17. The molecule has 1 aliphatic rings. The number of carbonyl (C=O) groups is 1. The standard InChI is InChI=1S/C12H12BrFO2/c13-10-6-2-4-8(11(10)14)7-3-1-5-9(7)12(15)16/h2,4,6-7,9H,1,3,5H2,(H,15,16). The minimum Gasteiger partial charge on any atom is -0.481 e. The van der Waals surface area contributed by atoms with Gasteiger partial charge in [0.1, 0.15) is 5.82 Å². The lowest BCUT2D eigenvalue weighted by atomic mass is 9.89. The number of hydrogen-bond acceptors (Lipinski definition) is 1. The molecule has 1 aromatic rings. The predicted molar refractivity (Wildman–Crippen MR) is 61.8 cm³/mol. The zero-order chi connectivity index (χ0) is 11.7. The van der Waals surface area contributed by atoms with Gasteiger partial charge in [0.15, 0.2) is 0 Å². The minimum absolute atomic E-state index is 0.185. The molecule has 1 aromatic carbocycles. The molecule has 0 aromatic heterocycles. The van der Waals surface area contributed by atoms with Crippen molar-refractivity contribution in [3.05, 3.63) is 34.1 Å². The van der Waals surface area contributed by atoms with E-state index in [0.29, 0.717) is 16.5 Å². The van der Waals surface area contributed by atoms with Crippen molar-refractivity contribution < 1.29 is 14.3 Å². The zero-order valence-electron chi connectivity index (χ0n) is 8.62. The summed E-state index contributed by atoms with van der Waals surface area (Å²) >= 11 is 3.13. The van der Waals surface area contributed by atoms with Crippen LogP contribution in [0.1, 0.15) is 30.7 Å². The van der Waals surface area contributed by atoms with Crippen molar-refractivity contribution >= 4 is 21.9 Å². The number of carboxylic acids is 1. The summed E-state index contributed by atoms with van der Waals surface area (Å²) in [7, 11) is 0.